The monoisotopic (exact) mass is 345 g/mol. The molecule has 7 nitrogen and oxygen atoms in total. The Morgan fingerprint density at radius 1 is 1.42 bits per heavy atom. The van der Waals surface area contributed by atoms with Gasteiger partial charge in [-0.3, -0.25) is 14.9 Å². The second-order valence-corrected chi connectivity index (χ2v) is 6.43. The van der Waals surface area contributed by atoms with E-state index in [1.54, 1.807) is 6.07 Å². The van der Waals surface area contributed by atoms with Crippen LogP contribution in [0.25, 0.3) is 11.3 Å². The molecule has 1 atom stereocenters. The molecule has 1 saturated heterocycles. The number of fused-ring (bicyclic) bond motifs is 1. The lowest BCUT2D eigenvalue weighted by molar-refractivity contribution is -0.124. The maximum absolute atomic E-state index is 12.1. The minimum atomic E-state index is -0.381. The molecule has 2 aromatic rings. The Hall–Kier alpha value is -2.45. The van der Waals surface area contributed by atoms with Crippen LogP contribution in [-0.2, 0) is 14.3 Å². The highest BCUT2D eigenvalue weighted by Gasteiger charge is 2.24. The Bertz CT molecular complexity index is 798. The molecule has 2 aliphatic rings. The van der Waals surface area contributed by atoms with Crippen molar-refractivity contribution in [2.75, 3.05) is 23.8 Å². The second kappa shape index (κ2) is 6.21. The molecule has 0 bridgehead atoms. The molecule has 3 heterocycles. The summed E-state index contributed by atoms with van der Waals surface area (Å²) in [6, 6.07) is 5.48. The van der Waals surface area contributed by atoms with Crippen LogP contribution >= 0.6 is 11.3 Å². The third kappa shape index (κ3) is 2.98. The standard InChI is InChI=1S/C16H15N3O4S/c20-14-7-23-12-4-3-9(6-10(12)17-14)11-8-24-16(18-11)19-15(21)13-2-1-5-22-13/h3-4,6,8,13H,1-2,5,7H2,(H,17,20)(H,18,19,21)/t13-/m0/s1. The molecule has 1 fully saturated rings. The highest BCUT2D eigenvalue weighted by atomic mass is 32.1. The number of carbonyl (C=O) groups is 2. The predicted octanol–water partition coefficient (Wildman–Crippen LogP) is 2.26. The first-order valence-corrected chi connectivity index (χ1v) is 8.52. The summed E-state index contributed by atoms with van der Waals surface area (Å²) in [4.78, 5) is 27.9. The summed E-state index contributed by atoms with van der Waals surface area (Å²) in [7, 11) is 0. The Labute approximate surface area is 142 Å². The lowest BCUT2D eigenvalue weighted by Gasteiger charge is -2.18. The molecule has 4 rings (SSSR count). The van der Waals surface area contributed by atoms with Gasteiger partial charge in [-0.1, -0.05) is 0 Å². The largest absolute Gasteiger partial charge is 0.482 e. The van der Waals surface area contributed by atoms with E-state index in [1.165, 1.54) is 11.3 Å². The Kier molecular flexibility index (Phi) is 3.91. The topological polar surface area (TPSA) is 89.5 Å². The number of amides is 2. The minimum absolute atomic E-state index is 0.0302. The van der Waals surface area contributed by atoms with Gasteiger partial charge in [-0.2, -0.15) is 0 Å². The maximum Gasteiger partial charge on any atom is 0.262 e. The number of benzene rings is 1. The van der Waals surface area contributed by atoms with E-state index in [0.29, 0.717) is 23.2 Å². The van der Waals surface area contributed by atoms with E-state index >= 15 is 0 Å². The molecule has 2 amide bonds. The van der Waals surface area contributed by atoms with E-state index in [0.717, 1.165) is 24.1 Å². The van der Waals surface area contributed by atoms with Crippen LogP contribution in [0.3, 0.4) is 0 Å². The summed E-state index contributed by atoms with van der Waals surface area (Å²) >= 11 is 1.35. The van der Waals surface area contributed by atoms with Crippen molar-refractivity contribution >= 4 is 34.0 Å². The number of ether oxygens (including phenoxy) is 2. The van der Waals surface area contributed by atoms with Crippen molar-refractivity contribution in [3.63, 3.8) is 0 Å². The van der Waals surface area contributed by atoms with Crippen molar-refractivity contribution in [3.8, 4) is 17.0 Å². The lowest BCUT2D eigenvalue weighted by atomic mass is 10.1. The SMILES string of the molecule is O=C1COc2ccc(-c3csc(NC(=O)[C@@H]4CCCO4)n3)cc2N1. The number of aromatic nitrogens is 1. The van der Waals surface area contributed by atoms with Crippen LogP contribution in [0.15, 0.2) is 23.6 Å². The van der Waals surface area contributed by atoms with Crippen molar-refractivity contribution < 1.29 is 19.1 Å². The molecule has 2 N–H and O–H groups in total. The van der Waals surface area contributed by atoms with E-state index in [-0.39, 0.29) is 24.5 Å². The van der Waals surface area contributed by atoms with Crippen molar-refractivity contribution in [3.05, 3.63) is 23.6 Å². The molecule has 2 aliphatic heterocycles. The predicted molar refractivity (Wildman–Crippen MR) is 89.3 cm³/mol. The Morgan fingerprint density at radius 2 is 2.33 bits per heavy atom. The van der Waals surface area contributed by atoms with Crippen LogP contribution < -0.4 is 15.4 Å². The average Bonchev–Trinajstić information content (AvgIpc) is 3.26. The zero-order chi connectivity index (χ0) is 16.5. The highest BCUT2D eigenvalue weighted by molar-refractivity contribution is 7.14. The van der Waals surface area contributed by atoms with Crippen LogP contribution in [0.4, 0.5) is 10.8 Å². The summed E-state index contributed by atoms with van der Waals surface area (Å²) in [6.07, 6.45) is 1.27. The van der Waals surface area contributed by atoms with Crippen LogP contribution in [0.2, 0.25) is 0 Å². The number of anilines is 2. The van der Waals surface area contributed by atoms with Gasteiger partial charge in [-0.15, -0.1) is 11.3 Å². The van der Waals surface area contributed by atoms with Gasteiger partial charge >= 0.3 is 0 Å². The molecule has 124 valence electrons. The number of nitrogens with zero attached hydrogens (tertiary/aromatic N) is 1. The van der Waals surface area contributed by atoms with E-state index in [9.17, 15) is 9.59 Å². The van der Waals surface area contributed by atoms with E-state index < -0.39 is 0 Å². The van der Waals surface area contributed by atoms with Gasteiger partial charge in [0.05, 0.1) is 11.4 Å². The zero-order valence-corrected chi connectivity index (χ0v) is 13.5. The summed E-state index contributed by atoms with van der Waals surface area (Å²) in [6.45, 7) is 0.659. The van der Waals surface area contributed by atoms with Crippen molar-refractivity contribution in [1.82, 2.24) is 4.98 Å². The number of hydrogen-bond donors (Lipinski definition) is 2. The third-order valence-electron chi connectivity index (χ3n) is 3.86. The number of nitrogens with one attached hydrogen (secondary N) is 2. The molecule has 0 spiro atoms. The summed E-state index contributed by atoms with van der Waals surface area (Å²) in [5.74, 6) is 0.308. The van der Waals surface area contributed by atoms with Gasteiger partial charge in [0.15, 0.2) is 11.7 Å². The van der Waals surface area contributed by atoms with E-state index in [1.807, 2.05) is 17.5 Å². The summed E-state index contributed by atoms with van der Waals surface area (Å²) < 4.78 is 10.7. The third-order valence-corrected chi connectivity index (χ3v) is 4.62. The number of rotatable bonds is 3. The Balaban J connectivity index is 1.51. The second-order valence-electron chi connectivity index (χ2n) is 5.58. The molecule has 0 radical (unpaired) electrons. The first kappa shape index (κ1) is 15.1. The van der Waals surface area contributed by atoms with E-state index in [2.05, 4.69) is 15.6 Å². The van der Waals surface area contributed by atoms with Gasteiger partial charge in [0.25, 0.3) is 11.8 Å². The number of thiazole rings is 1. The Morgan fingerprint density at radius 3 is 3.17 bits per heavy atom. The summed E-state index contributed by atoms with van der Waals surface area (Å²) in [5, 5.41) is 7.95. The maximum atomic E-state index is 12.1. The van der Waals surface area contributed by atoms with Gasteiger partial charge in [0.1, 0.15) is 11.9 Å². The van der Waals surface area contributed by atoms with Gasteiger partial charge < -0.3 is 14.8 Å². The van der Waals surface area contributed by atoms with Crippen molar-refractivity contribution in [1.29, 1.82) is 0 Å². The van der Waals surface area contributed by atoms with Gasteiger partial charge in [-0.05, 0) is 31.0 Å². The molecule has 0 saturated carbocycles. The number of carbonyl (C=O) groups excluding carboxylic acids is 2. The fourth-order valence-corrected chi connectivity index (χ4v) is 3.40. The van der Waals surface area contributed by atoms with Crippen molar-refractivity contribution in [2.45, 2.75) is 18.9 Å². The smallest absolute Gasteiger partial charge is 0.262 e. The molecule has 0 unspecified atom stereocenters. The minimum Gasteiger partial charge on any atom is -0.482 e. The average molecular weight is 345 g/mol. The molecule has 24 heavy (non-hydrogen) atoms. The first-order valence-electron chi connectivity index (χ1n) is 7.64. The lowest BCUT2D eigenvalue weighted by Crippen LogP contribution is -2.26. The molecular weight excluding hydrogens is 330 g/mol. The zero-order valence-electron chi connectivity index (χ0n) is 12.7. The van der Waals surface area contributed by atoms with Gasteiger partial charge in [0.2, 0.25) is 0 Å². The van der Waals surface area contributed by atoms with Crippen LogP contribution in [0.1, 0.15) is 12.8 Å². The highest BCUT2D eigenvalue weighted by Crippen LogP contribution is 2.33. The number of hydrogen-bond acceptors (Lipinski definition) is 6. The van der Waals surface area contributed by atoms with Gasteiger partial charge in [0, 0.05) is 17.6 Å². The first-order chi connectivity index (χ1) is 11.7. The molecule has 8 heteroatoms. The molecule has 0 aliphatic carbocycles. The quantitative estimate of drug-likeness (QED) is 0.891. The fourth-order valence-electron chi connectivity index (χ4n) is 2.68. The fraction of sp³-hybridized carbons (Fsp3) is 0.312. The van der Waals surface area contributed by atoms with Crippen LogP contribution in [0.5, 0.6) is 5.75 Å². The normalized spacial score (nSPS) is 19.3. The van der Waals surface area contributed by atoms with Crippen LogP contribution in [0, 0.1) is 0 Å². The molecule has 1 aromatic heterocycles. The van der Waals surface area contributed by atoms with E-state index in [4.69, 9.17) is 9.47 Å². The van der Waals surface area contributed by atoms with Crippen LogP contribution in [-0.4, -0.2) is 36.1 Å². The molecule has 1 aromatic carbocycles. The van der Waals surface area contributed by atoms with Crippen molar-refractivity contribution in [2.24, 2.45) is 0 Å². The molecular formula is C16H15N3O4S. The summed E-state index contributed by atoms with van der Waals surface area (Å²) in [5.41, 5.74) is 2.19. The van der Waals surface area contributed by atoms with Gasteiger partial charge in [-0.25, -0.2) is 4.98 Å².